The molecule has 0 N–H and O–H groups in total. The van der Waals surface area contributed by atoms with Gasteiger partial charge in [0.05, 0.1) is 13.2 Å². The maximum Gasteiger partial charge on any atom is 2.00 e. The van der Waals surface area contributed by atoms with Crippen LogP contribution in [-0.2, 0) is 71.1 Å². The Bertz CT molecular complexity index is 949. The summed E-state index contributed by atoms with van der Waals surface area (Å²) < 4.78 is 35.5. The molecule has 0 fully saturated rings. The zero-order chi connectivity index (χ0) is 38.2. The Labute approximate surface area is 336 Å². The largest absolute Gasteiger partial charge is 2.00 e. The van der Waals surface area contributed by atoms with Crippen molar-refractivity contribution in [2.75, 3.05) is 52.9 Å². The summed E-state index contributed by atoms with van der Waals surface area (Å²) in [6.07, 6.45) is 9.92. The van der Waals surface area contributed by atoms with Crippen LogP contribution in [0, 0.1) is 0 Å². The Morgan fingerprint density at radius 2 is 0.698 bits per heavy atom. The van der Waals surface area contributed by atoms with Crippen LogP contribution in [0.15, 0.2) is 60.7 Å². The summed E-state index contributed by atoms with van der Waals surface area (Å²) in [6.45, 7) is 16.0. The first-order valence-corrected chi connectivity index (χ1v) is 19.8. The number of ether oxygens (including phenoxy) is 6. The van der Waals surface area contributed by atoms with Crippen molar-refractivity contribution < 1.29 is 70.4 Å². The molecule has 2 rings (SSSR count). The number of benzene rings is 2. The predicted molar refractivity (Wildman–Crippen MR) is 201 cm³/mol. The van der Waals surface area contributed by atoms with E-state index in [0.29, 0.717) is 50.8 Å². The maximum atomic E-state index is 12.0. The average molecular weight is 783 g/mol. The van der Waals surface area contributed by atoms with E-state index in [1.165, 1.54) is 0 Å². The second-order valence-electron chi connectivity index (χ2n) is 13.1. The predicted octanol–water partition coefficient (Wildman–Crippen LogP) is 7.90. The van der Waals surface area contributed by atoms with Crippen molar-refractivity contribution in [1.82, 2.24) is 0 Å². The van der Waals surface area contributed by atoms with E-state index < -0.39 is 23.8 Å². The molecule has 0 aliphatic rings. The van der Waals surface area contributed by atoms with E-state index in [9.17, 15) is 10.5 Å². The fourth-order valence-electron chi connectivity index (χ4n) is 5.15. The summed E-state index contributed by atoms with van der Waals surface area (Å²) in [5, 5.41) is 24.0. The van der Waals surface area contributed by atoms with Crippen molar-refractivity contribution >= 4 is 0 Å². The van der Waals surface area contributed by atoms with Crippen molar-refractivity contribution in [3.63, 3.8) is 0 Å². The minimum absolute atomic E-state index is 0. The van der Waals surface area contributed by atoms with Crippen LogP contribution in [0.5, 0.6) is 0 Å². The molecule has 2 unspecified atom stereocenters. The molecule has 10 nitrogen and oxygen atoms in total. The van der Waals surface area contributed by atoms with Gasteiger partial charge in [-0.25, -0.2) is 0 Å². The van der Waals surface area contributed by atoms with Gasteiger partial charge >= 0.3 is 21.7 Å². The Morgan fingerprint density at radius 3 is 0.943 bits per heavy atom. The molecule has 0 saturated heterocycles. The quantitative estimate of drug-likeness (QED) is 0.0238. The van der Waals surface area contributed by atoms with E-state index in [1.54, 1.807) is 0 Å². The number of unbranched alkanes of at least 4 members (excludes halogenated alkanes) is 6. The molecule has 0 spiro atoms. The Kier molecular flexibility index (Phi) is 33.2. The first kappa shape index (κ1) is 51.8. The molecule has 2 aromatic carbocycles. The van der Waals surface area contributed by atoms with E-state index in [4.69, 9.17) is 38.2 Å². The van der Waals surface area contributed by atoms with Gasteiger partial charge in [0.1, 0.15) is 0 Å². The van der Waals surface area contributed by atoms with Gasteiger partial charge in [0.25, 0.3) is 0 Å². The van der Waals surface area contributed by atoms with E-state index in [-0.39, 0.29) is 34.9 Å². The fourth-order valence-corrected chi connectivity index (χ4v) is 5.15. The second kappa shape index (κ2) is 34.0. The molecule has 0 aromatic heterocycles. The molecule has 0 bridgehead atoms. The third kappa shape index (κ3) is 19.5. The van der Waals surface area contributed by atoms with Gasteiger partial charge < -0.3 is 48.7 Å². The number of hydrogen-bond acceptors (Lipinski definition) is 10. The normalized spacial score (nSPS) is 13.6. The molecular formula is C42H70O10Ti. The minimum atomic E-state index is -1.32. The molecule has 0 amide bonds. The molecule has 0 saturated carbocycles. The number of rotatable bonds is 32. The third-order valence-electron chi connectivity index (χ3n) is 8.57. The van der Waals surface area contributed by atoms with Gasteiger partial charge in [-0.15, -0.1) is 0 Å². The molecule has 0 radical (unpaired) electrons. The smallest absolute Gasteiger partial charge is 0.722 e. The van der Waals surface area contributed by atoms with Crippen LogP contribution in [0.4, 0.5) is 0 Å². The summed E-state index contributed by atoms with van der Waals surface area (Å²) in [4.78, 5) is 9.61. The third-order valence-corrected chi connectivity index (χ3v) is 8.57. The zero-order valence-electron chi connectivity index (χ0n) is 33.7. The molecule has 302 valence electrons. The summed E-state index contributed by atoms with van der Waals surface area (Å²) in [5.74, 6) is 0. The van der Waals surface area contributed by atoms with Gasteiger partial charge in [-0.1, -0.05) is 141 Å². The first-order valence-electron chi connectivity index (χ1n) is 19.8. The van der Waals surface area contributed by atoms with Crippen molar-refractivity contribution in [1.29, 1.82) is 0 Å². The van der Waals surface area contributed by atoms with Gasteiger partial charge in [0.2, 0.25) is 0 Å². The fraction of sp³-hybridized carbons (Fsp3) is 0.714. The average Bonchev–Trinajstić information content (AvgIpc) is 3.19. The van der Waals surface area contributed by atoms with Crippen LogP contribution in [0.2, 0.25) is 0 Å². The van der Waals surface area contributed by atoms with Gasteiger partial charge in [-0.2, -0.15) is 0 Å². The van der Waals surface area contributed by atoms with Crippen molar-refractivity contribution in [3.8, 4) is 0 Å². The first-order chi connectivity index (χ1) is 25.5. The van der Waals surface area contributed by atoms with Gasteiger partial charge in [0.15, 0.2) is 23.8 Å². The van der Waals surface area contributed by atoms with Crippen LogP contribution in [0.1, 0.15) is 130 Å². The summed E-state index contributed by atoms with van der Waals surface area (Å²) in [7, 11) is 0. The molecule has 2 aromatic rings. The maximum absolute atomic E-state index is 12.0. The van der Waals surface area contributed by atoms with E-state index in [1.807, 2.05) is 60.7 Å². The summed E-state index contributed by atoms with van der Waals surface area (Å²) in [6, 6.07) is 18.8. The van der Waals surface area contributed by atoms with Crippen LogP contribution >= 0.6 is 0 Å². The monoisotopic (exact) mass is 782 g/mol. The Balaban J connectivity index is 0.00000100. The standard InChI is InChI=1S/2C21H36O5.Ti/c2*1-4-7-15-23-18-21(26-22,19-13-11-10-12-14-19)20(24-16-8-5-2)25-17-9-6-3;/h2*10-14,20,22H,4-9,15-18H2,1-3H3;/q;;+2/p-2. The van der Waals surface area contributed by atoms with E-state index in [0.717, 1.165) is 77.0 Å². The van der Waals surface area contributed by atoms with Gasteiger partial charge in [0, 0.05) is 39.6 Å². The number of hydrogen-bond donors (Lipinski definition) is 0. The van der Waals surface area contributed by atoms with E-state index in [2.05, 4.69) is 41.5 Å². The van der Waals surface area contributed by atoms with Gasteiger partial charge in [-0.05, 0) is 49.7 Å². The molecule has 0 heterocycles. The van der Waals surface area contributed by atoms with Crippen molar-refractivity contribution in [2.45, 2.75) is 142 Å². The molecular weight excluding hydrogens is 712 g/mol. The Morgan fingerprint density at radius 1 is 0.434 bits per heavy atom. The summed E-state index contributed by atoms with van der Waals surface area (Å²) in [5.41, 5.74) is -1.22. The molecule has 0 aliphatic carbocycles. The van der Waals surface area contributed by atoms with Crippen molar-refractivity contribution in [2.24, 2.45) is 0 Å². The van der Waals surface area contributed by atoms with E-state index >= 15 is 0 Å². The molecule has 11 heteroatoms. The zero-order valence-corrected chi connectivity index (χ0v) is 35.2. The van der Waals surface area contributed by atoms with Crippen LogP contribution in [0.3, 0.4) is 0 Å². The minimum Gasteiger partial charge on any atom is -0.722 e. The Hall–Kier alpha value is -1.25. The molecule has 53 heavy (non-hydrogen) atoms. The molecule has 0 aliphatic heterocycles. The van der Waals surface area contributed by atoms with Gasteiger partial charge in [-0.3, -0.25) is 0 Å². The molecule has 2 atom stereocenters. The van der Waals surface area contributed by atoms with Crippen LogP contribution in [-0.4, -0.2) is 65.4 Å². The van der Waals surface area contributed by atoms with Crippen LogP contribution in [0.25, 0.3) is 0 Å². The topological polar surface area (TPSA) is 120 Å². The summed E-state index contributed by atoms with van der Waals surface area (Å²) >= 11 is 0. The second-order valence-corrected chi connectivity index (χ2v) is 13.1. The van der Waals surface area contributed by atoms with Crippen molar-refractivity contribution in [3.05, 3.63) is 71.8 Å². The van der Waals surface area contributed by atoms with Crippen LogP contribution < -0.4 is 10.5 Å². The SMILES string of the molecule is CCCCOCC(O[O-])(c1ccccc1)C(OCCCC)OCCCC.CCCCOCC(O[O-])(c1ccccc1)C(OCCCC)OCCCC.[Ti+2].